The molecule has 1 aromatic carbocycles. The van der Waals surface area contributed by atoms with Crippen LogP contribution >= 0.6 is 11.8 Å². The van der Waals surface area contributed by atoms with Crippen LogP contribution in [0.5, 0.6) is 0 Å². The van der Waals surface area contributed by atoms with Crippen LogP contribution in [0.4, 0.5) is 13.2 Å². The van der Waals surface area contributed by atoms with Crippen LogP contribution in [-0.4, -0.2) is 41.2 Å². The highest BCUT2D eigenvalue weighted by atomic mass is 32.2. The molecule has 112 valence electrons. The molecule has 1 aliphatic heterocycles. The second-order valence-electron chi connectivity index (χ2n) is 5.01. The Kier molecular flexibility index (Phi) is 4.99. The number of aliphatic hydroxyl groups excluding tert-OH is 1. The quantitative estimate of drug-likeness (QED) is 0.924. The summed E-state index contributed by atoms with van der Waals surface area (Å²) in [5.41, 5.74) is 0.214. The van der Waals surface area contributed by atoms with E-state index in [4.69, 9.17) is 0 Å². The molecule has 0 aromatic heterocycles. The van der Waals surface area contributed by atoms with Crippen molar-refractivity contribution < 1.29 is 18.3 Å². The van der Waals surface area contributed by atoms with Gasteiger partial charge in [0, 0.05) is 24.9 Å². The smallest absolute Gasteiger partial charge is 0.392 e. The average molecular weight is 305 g/mol. The Hall–Kier alpha value is -0.720. The number of β-amino-alcohol motifs (C(OH)–C–C–N with tert-alkyl or cyclic N) is 1. The van der Waals surface area contributed by atoms with Crippen LogP contribution in [0.3, 0.4) is 0 Å². The minimum Gasteiger partial charge on any atom is -0.392 e. The second-order valence-corrected chi connectivity index (χ2v) is 6.00. The van der Waals surface area contributed by atoms with E-state index >= 15 is 0 Å². The van der Waals surface area contributed by atoms with Crippen LogP contribution in [-0.2, 0) is 6.18 Å². The molecule has 1 fully saturated rings. The number of thioether (sulfide) groups is 1. The highest BCUT2D eigenvalue weighted by Crippen LogP contribution is 2.34. The van der Waals surface area contributed by atoms with E-state index in [0.29, 0.717) is 13.0 Å². The Morgan fingerprint density at radius 1 is 1.30 bits per heavy atom. The van der Waals surface area contributed by atoms with Crippen LogP contribution in [0.15, 0.2) is 24.3 Å². The fraction of sp³-hybridized carbons (Fsp3) is 0.571. The largest absolute Gasteiger partial charge is 0.416 e. The number of aliphatic hydroxyl groups is 1. The lowest BCUT2D eigenvalue weighted by Crippen LogP contribution is -2.27. The Labute approximate surface area is 121 Å². The van der Waals surface area contributed by atoms with Crippen molar-refractivity contribution >= 4 is 11.8 Å². The summed E-state index contributed by atoms with van der Waals surface area (Å²) in [7, 11) is 0. The van der Waals surface area contributed by atoms with Crippen LogP contribution in [0, 0.1) is 0 Å². The summed E-state index contributed by atoms with van der Waals surface area (Å²) in [5, 5.41) is 9.79. The molecule has 0 radical (unpaired) electrons. The van der Waals surface area contributed by atoms with Gasteiger partial charge in [-0.05, 0) is 30.4 Å². The minimum atomic E-state index is -4.30. The van der Waals surface area contributed by atoms with Gasteiger partial charge in [0.15, 0.2) is 0 Å². The monoisotopic (exact) mass is 305 g/mol. The summed E-state index contributed by atoms with van der Waals surface area (Å²) in [4.78, 5) is 2.14. The Morgan fingerprint density at radius 3 is 2.50 bits per heavy atom. The Morgan fingerprint density at radius 2 is 1.95 bits per heavy atom. The standard InChI is InChI=1S/C14H18F3NOS/c1-20-7-6-18-9-12(19)8-13(18)10-2-4-11(5-3-10)14(15,16)17/h2-5,12-13,19H,6-9H2,1H3/t12-,13-/m1/s1. The molecule has 1 heterocycles. The minimum absolute atomic E-state index is 0.0134. The van der Waals surface area contributed by atoms with E-state index in [1.807, 2.05) is 6.26 Å². The van der Waals surface area contributed by atoms with Crippen molar-refractivity contribution in [3.05, 3.63) is 35.4 Å². The third-order valence-electron chi connectivity index (χ3n) is 3.59. The van der Waals surface area contributed by atoms with Crippen molar-refractivity contribution in [1.29, 1.82) is 0 Å². The van der Waals surface area contributed by atoms with Gasteiger partial charge < -0.3 is 5.11 Å². The molecule has 2 rings (SSSR count). The molecule has 0 unspecified atom stereocenters. The van der Waals surface area contributed by atoms with Gasteiger partial charge in [-0.3, -0.25) is 4.90 Å². The predicted octanol–water partition coefficient (Wildman–Crippen LogP) is 3.18. The van der Waals surface area contributed by atoms with E-state index in [0.717, 1.165) is 30.0 Å². The number of nitrogens with zero attached hydrogens (tertiary/aromatic N) is 1. The lowest BCUT2D eigenvalue weighted by atomic mass is 10.0. The summed E-state index contributed by atoms with van der Waals surface area (Å²) in [6.07, 6.45) is -2.10. The average Bonchev–Trinajstić information content (AvgIpc) is 2.76. The molecule has 1 aromatic rings. The maximum atomic E-state index is 12.5. The zero-order chi connectivity index (χ0) is 14.8. The fourth-order valence-corrected chi connectivity index (χ4v) is 2.99. The van der Waals surface area contributed by atoms with Crippen molar-refractivity contribution in [3.63, 3.8) is 0 Å². The van der Waals surface area contributed by atoms with Gasteiger partial charge in [0.05, 0.1) is 11.7 Å². The summed E-state index contributed by atoms with van der Waals surface area (Å²) in [6, 6.07) is 5.30. The van der Waals surface area contributed by atoms with Crippen LogP contribution in [0.1, 0.15) is 23.6 Å². The fourth-order valence-electron chi connectivity index (χ4n) is 2.58. The SMILES string of the molecule is CSCCN1C[C@H](O)C[C@@H]1c1ccc(C(F)(F)F)cc1. The highest BCUT2D eigenvalue weighted by molar-refractivity contribution is 7.98. The molecule has 1 saturated heterocycles. The van der Waals surface area contributed by atoms with E-state index in [2.05, 4.69) is 4.90 Å². The number of halogens is 3. The highest BCUT2D eigenvalue weighted by Gasteiger charge is 2.33. The van der Waals surface area contributed by atoms with Crippen LogP contribution < -0.4 is 0 Å². The number of hydrogen-bond acceptors (Lipinski definition) is 3. The number of benzene rings is 1. The van der Waals surface area contributed by atoms with E-state index in [1.165, 1.54) is 12.1 Å². The maximum absolute atomic E-state index is 12.5. The van der Waals surface area contributed by atoms with Gasteiger partial charge in [0.2, 0.25) is 0 Å². The maximum Gasteiger partial charge on any atom is 0.416 e. The zero-order valence-corrected chi connectivity index (χ0v) is 12.0. The van der Waals surface area contributed by atoms with Crippen molar-refractivity contribution in [2.24, 2.45) is 0 Å². The van der Waals surface area contributed by atoms with Gasteiger partial charge in [-0.15, -0.1) is 0 Å². The number of hydrogen-bond donors (Lipinski definition) is 1. The van der Waals surface area contributed by atoms with Gasteiger partial charge in [-0.1, -0.05) is 12.1 Å². The lowest BCUT2D eigenvalue weighted by Gasteiger charge is -2.24. The summed E-state index contributed by atoms with van der Waals surface area (Å²) in [5.74, 6) is 0.948. The summed E-state index contributed by atoms with van der Waals surface area (Å²) >= 11 is 1.72. The molecule has 2 atom stereocenters. The van der Waals surface area contributed by atoms with Crippen LogP contribution in [0.25, 0.3) is 0 Å². The van der Waals surface area contributed by atoms with Gasteiger partial charge >= 0.3 is 6.18 Å². The molecule has 0 bridgehead atoms. The summed E-state index contributed by atoms with van der Waals surface area (Å²) in [6.45, 7) is 1.43. The molecule has 6 heteroatoms. The first-order valence-electron chi connectivity index (χ1n) is 6.50. The molecule has 20 heavy (non-hydrogen) atoms. The topological polar surface area (TPSA) is 23.5 Å². The third-order valence-corrected chi connectivity index (χ3v) is 4.18. The van der Waals surface area contributed by atoms with E-state index in [-0.39, 0.29) is 6.04 Å². The van der Waals surface area contributed by atoms with E-state index < -0.39 is 17.8 Å². The lowest BCUT2D eigenvalue weighted by molar-refractivity contribution is -0.137. The van der Waals surface area contributed by atoms with Crippen molar-refractivity contribution in [2.75, 3.05) is 25.1 Å². The predicted molar refractivity (Wildman–Crippen MR) is 74.8 cm³/mol. The first-order chi connectivity index (χ1) is 9.41. The Bertz CT molecular complexity index is 435. The second kappa shape index (κ2) is 6.37. The molecule has 1 N–H and O–H groups in total. The van der Waals surface area contributed by atoms with Gasteiger partial charge in [-0.2, -0.15) is 24.9 Å². The van der Waals surface area contributed by atoms with E-state index in [9.17, 15) is 18.3 Å². The van der Waals surface area contributed by atoms with Gasteiger partial charge in [0.1, 0.15) is 0 Å². The molecule has 0 aliphatic carbocycles. The van der Waals surface area contributed by atoms with Crippen molar-refractivity contribution in [1.82, 2.24) is 4.90 Å². The number of alkyl halides is 3. The molecule has 0 amide bonds. The molecule has 0 spiro atoms. The van der Waals surface area contributed by atoms with Gasteiger partial charge in [-0.25, -0.2) is 0 Å². The van der Waals surface area contributed by atoms with Crippen molar-refractivity contribution in [3.8, 4) is 0 Å². The van der Waals surface area contributed by atoms with E-state index in [1.54, 1.807) is 11.8 Å². The van der Waals surface area contributed by atoms with Crippen molar-refractivity contribution in [2.45, 2.75) is 24.7 Å². The zero-order valence-electron chi connectivity index (χ0n) is 11.2. The number of rotatable bonds is 4. The normalized spacial score (nSPS) is 24.2. The first-order valence-corrected chi connectivity index (χ1v) is 7.89. The molecular weight excluding hydrogens is 287 g/mol. The number of likely N-dealkylation sites (tertiary alicyclic amines) is 1. The Balaban J connectivity index is 2.13. The van der Waals surface area contributed by atoms with Gasteiger partial charge in [0.25, 0.3) is 0 Å². The third kappa shape index (κ3) is 3.68. The molecular formula is C14H18F3NOS. The van der Waals surface area contributed by atoms with Crippen LogP contribution in [0.2, 0.25) is 0 Å². The molecule has 0 saturated carbocycles. The summed E-state index contributed by atoms with van der Waals surface area (Å²) < 4.78 is 37.6. The molecule has 2 nitrogen and oxygen atoms in total. The molecule has 1 aliphatic rings. The first kappa shape index (κ1) is 15.7.